The molecule has 0 radical (unpaired) electrons. The fraction of sp³-hybridized carbons (Fsp3) is 0.500. The van der Waals surface area contributed by atoms with E-state index in [0.717, 1.165) is 0 Å². The molecular formula is C6H11NO. The van der Waals surface area contributed by atoms with Gasteiger partial charge in [-0.15, -0.1) is 6.58 Å². The first-order valence-corrected chi connectivity index (χ1v) is 2.55. The molecule has 0 aliphatic carbocycles. The van der Waals surface area contributed by atoms with E-state index in [0.29, 0.717) is 6.42 Å². The molecule has 0 amide bonds. The maximum Gasteiger partial charge on any atom is 0.146 e. The highest BCUT2D eigenvalue weighted by atomic mass is 16.1. The molecule has 1 unspecified atom stereocenters. The van der Waals surface area contributed by atoms with E-state index in [4.69, 9.17) is 5.73 Å². The molecular weight excluding hydrogens is 102 g/mol. The smallest absolute Gasteiger partial charge is 0.146 e. The van der Waals surface area contributed by atoms with Crippen molar-refractivity contribution >= 4 is 5.78 Å². The minimum atomic E-state index is -0.340. The average Bonchev–Trinajstić information content (AvgIpc) is 1.67. The Hall–Kier alpha value is -0.630. The van der Waals surface area contributed by atoms with E-state index in [1.54, 1.807) is 6.08 Å². The molecule has 0 aromatic carbocycles. The van der Waals surface area contributed by atoms with Crippen molar-refractivity contribution in [3.63, 3.8) is 0 Å². The van der Waals surface area contributed by atoms with Gasteiger partial charge in [0, 0.05) is 0 Å². The van der Waals surface area contributed by atoms with E-state index < -0.39 is 0 Å². The second-order valence-corrected chi connectivity index (χ2v) is 1.74. The fourth-order valence-electron chi connectivity index (χ4n) is 0.346. The molecule has 2 N–H and O–H groups in total. The maximum atomic E-state index is 10.4. The molecule has 2 heteroatoms. The van der Waals surface area contributed by atoms with E-state index in [2.05, 4.69) is 6.58 Å². The summed E-state index contributed by atoms with van der Waals surface area (Å²) in [6.07, 6.45) is 2.22. The zero-order chi connectivity index (χ0) is 6.57. The van der Waals surface area contributed by atoms with E-state index in [-0.39, 0.29) is 11.8 Å². The topological polar surface area (TPSA) is 43.1 Å². The summed E-state index contributed by atoms with van der Waals surface area (Å²) < 4.78 is 0. The molecule has 2 nitrogen and oxygen atoms in total. The summed E-state index contributed by atoms with van der Waals surface area (Å²) in [4.78, 5) is 10.4. The normalized spacial score (nSPS) is 12.8. The Bertz CT molecular complexity index is 98.7. The zero-order valence-electron chi connectivity index (χ0n) is 5.05. The molecule has 46 valence electrons. The van der Waals surface area contributed by atoms with E-state index in [1.807, 2.05) is 0 Å². The number of hydrogen-bond donors (Lipinski definition) is 1. The van der Waals surface area contributed by atoms with Crippen molar-refractivity contribution in [1.82, 2.24) is 0 Å². The SMILES string of the molecule is C=CCC(N)C(C)=O. The van der Waals surface area contributed by atoms with E-state index in [9.17, 15) is 4.79 Å². The Morgan fingerprint density at radius 2 is 2.50 bits per heavy atom. The molecule has 0 fully saturated rings. The molecule has 0 spiro atoms. The van der Waals surface area contributed by atoms with Gasteiger partial charge in [-0.2, -0.15) is 0 Å². The number of carbonyl (C=O) groups excluding carboxylic acids is 1. The van der Waals surface area contributed by atoms with Crippen LogP contribution in [0.2, 0.25) is 0 Å². The van der Waals surface area contributed by atoms with Crippen LogP contribution in [0.4, 0.5) is 0 Å². The Kier molecular flexibility index (Phi) is 3.12. The third kappa shape index (κ3) is 2.53. The Morgan fingerprint density at radius 3 is 2.62 bits per heavy atom. The minimum Gasteiger partial charge on any atom is -0.321 e. The van der Waals surface area contributed by atoms with Crippen molar-refractivity contribution in [2.45, 2.75) is 19.4 Å². The lowest BCUT2D eigenvalue weighted by Crippen LogP contribution is -2.27. The number of rotatable bonds is 3. The van der Waals surface area contributed by atoms with Gasteiger partial charge in [-0.1, -0.05) is 6.08 Å². The van der Waals surface area contributed by atoms with Crippen LogP contribution in [0.1, 0.15) is 13.3 Å². The Labute approximate surface area is 49.4 Å². The minimum absolute atomic E-state index is 0.0184. The molecule has 0 aliphatic heterocycles. The van der Waals surface area contributed by atoms with Crippen LogP contribution in [0, 0.1) is 0 Å². The van der Waals surface area contributed by atoms with E-state index >= 15 is 0 Å². The molecule has 0 bridgehead atoms. The van der Waals surface area contributed by atoms with Gasteiger partial charge in [-0.3, -0.25) is 4.79 Å². The molecule has 0 rings (SSSR count). The van der Waals surface area contributed by atoms with Crippen molar-refractivity contribution in [3.8, 4) is 0 Å². The average molecular weight is 113 g/mol. The molecule has 0 heterocycles. The maximum absolute atomic E-state index is 10.4. The predicted octanol–water partition coefficient (Wildman–Crippen LogP) is 0.479. The van der Waals surface area contributed by atoms with Crippen molar-refractivity contribution < 1.29 is 4.79 Å². The molecule has 8 heavy (non-hydrogen) atoms. The number of hydrogen-bond acceptors (Lipinski definition) is 2. The highest BCUT2D eigenvalue weighted by molar-refractivity contribution is 5.81. The van der Waals surface area contributed by atoms with Gasteiger partial charge in [0.2, 0.25) is 0 Å². The second kappa shape index (κ2) is 3.38. The number of carbonyl (C=O) groups is 1. The summed E-state index contributed by atoms with van der Waals surface area (Å²) in [5.74, 6) is 0.0184. The lowest BCUT2D eigenvalue weighted by molar-refractivity contribution is -0.118. The molecule has 0 aliphatic rings. The predicted molar refractivity (Wildman–Crippen MR) is 33.5 cm³/mol. The van der Waals surface area contributed by atoms with Crippen LogP contribution in [0.5, 0.6) is 0 Å². The van der Waals surface area contributed by atoms with Gasteiger partial charge in [0.25, 0.3) is 0 Å². The Balaban J connectivity index is 3.46. The standard InChI is InChI=1S/C6H11NO/c1-3-4-6(7)5(2)8/h3,6H,1,4,7H2,2H3. The lowest BCUT2D eigenvalue weighted by Gasteiger charge is -2.00. The molecule has 0 aromatic rings. The largest absolute Gasteiger partial charge is 0.321 e. The number of Topliss-reactive ketones (excluding diaryl/α,β-unsaturated/α-hetero) is 1. The summed E-state index contributed by atoms with van der Waals surface area (Å²) >= 11 is 0. The number of ketones is 1. The lowest BCUT2D eigenvalue weighted by atomic mass is 10.1. The highest BCUT2D eigenvalue weighted by Crippen LogP contribution is 1.87. The summed E-state index contributed by atoms with van der Waals surface area (Å²) in [7, 11) is 0. The molecule has 1 atom stereocenters. The van der Waals surface area contributed by atoms with Gasteiger partial charge in [0.1, 0.15) is 5.78 Å². The molecule has 0 aromatic heterocycles. The van der Waals surface area contributed by atoms with Crippen LogP contribution in [-0.4, -0.2) is 11.8 Å². The van der Waals surface area contributed by atoms with Crippen molar-refractivity contribution in [1.29, 1.82) is 0 Å². The highest BCUT2D eigenvalue weighted by Gasteiger charge is 2.02. The number of nitrogens with two attached hydrogens (primary N) is 1. The van der Waals surface area contributed by atoms with Crippen molar-refractivity contribution in [3.05, 3.63) is 12.7 Å². The summed E-state index contributed by atoms with van der Waals surface area (Å²) in [5, 5.41) is 0. The van der Waals surface area contributed by atoms with Crippen molar-refractivity contribution in [2.24, 2.45) is 5.73 Å². The quantitative estimate of drug-likeness (QED) is 0.541. The van der Waals surface area contributed by atoms with Crippen LogP contribution < -0.4 is 5.73 Å². The van der Waals surface area contributed by atoms with Gasteiger partial charge < -0.3 is 5.73 Å². The van der Waals surface area contributed by atoms with E-state index in [1.165, 1.54) is 6.92 Å². The van der Waals surface area contributed by atoms with Crippen molar-refractivity contribution in [2.75, 3.05) is 0 Å². The van der Waals surface area contributed by atoms with Crippen LogP contribution in [0.25, 0.3) is 0 Å². The summed E-state index contributed by atoms with van der Waals surface area (Å²) in [6, 6.07) is -0.340. The first-order chi connectivity index (χ1) is 3.68. The third-order valence-electron chi connectivity index (χ3n) is 0.943. The van der Waals surface area contributed by atoms with Crippen LogP contribution in [0.15, 0.2) is 12.7 Å². The van der Waals surface area contributed by atoms with Gasteiger partial charge in [0.15, 0.2) is 0 Å². The molecule has 0 saturated heterocycles. The third-order valence-corrected chi connectivity index (χ3v) is 0.943. The van der Waals surface area contributed by atoms with Crippen LogP contribution in [0.3, 0.4) is 0 Å². The van der Waals surface area contributed by atoms with Crippen LogP contribution >= 0.6 is 0 Å². The van der Waals surface area contributed by atoms with Gasteiger partial charge in [0.05, 0.1) is 6.04 Å². The first-order valence-electron chi connectivity index (χ1n) is 2.55. The van der Waals surface area contributed by atoms with Crippen LogP contribution in [-0.2, 0) is 4.79 Å². The van der Waals surface area contributed by atoms with Gasteiger partial charge in [-0.05, 0) is 13.3 Å². The Morgan fingerprint density at radius 1 is 2.00 bits per heavy atom. The zero-order valence-corrected chi connectivity index (χ0v) is 5.05. The van der Waals surface area contributed by atoms with Gasteiger partial charge in [-0.25, -0.2) is 0 Å². The molecule has 0 saturated carbocycles. The monoisotopic (exact) mass is 113 g/mol. The summed E-state index contributed by atoms with van der Waals surface area (Å²) in [6.45, 7) is 4.93. The first kappa shape index (κ1) is 7.37. The fourth-order valence-corrected chi connectivity index (χ4v) is 0.346. The van der Waals surface area contributed by atoms with Gasteiger partial charge >= 0.3 is 0 Å². The second-order valence-electron chi connectivity index (χ2n) is 1.74. The summed E-state index contributed by atoms with van der Waals surface area (Å²) in [5.41, 5.74) is 5.31.